The summed E-state index contributed by atoms with van der Waals surface area (Å²) in [5.74, 6) is 0.685. The maximum absolute atomic E-state index is 11.8. The van der Waals surface area contributed by atoms with Gasteiger partial charge in [0.2, 0.25) is 15.0 Å². The molecule has 1 aliphatic rings. The molecule has 11 heteroatoms. The lowest BCUT2D eigenvalue weighted by molar-refractivity contribution is 0.309. The van der Waals surface area contributed by atoms with Crippen molar-refractivity contribution in [3.63, 3.8) is 0 Å². The van der Waals surface area contributed by atoms with E-state index < -0.39 is 10.0 Å². The highest BCUT2D eigenvalue weighted by Gasteiger charge is 2.30. The first-order valence-electron chi connectivity index (χ1n) is 7.46. The van der Waals surface area contributed by atoms with Crippen LogP contribution in [0, 0.1) is 0 Å². The molecular formula is C13H15N7O2S2. The van der Waals surface area contributed by atoms with Crippen LogP contribution in [-0.4, -0.2) is 61.8 Å². The molecule has 1 fully saturated rings. The minimum atomic E-state index is -3.20. The third-order valence-electron chi connectivity index (χ3n) is 4.02. The molecule has 0 saturated carbocycles. The second-order valence-electron chi connectivity index (χ2n) is 5.71. The Kier molecular flexibility index (Phi) is 3.77. The van der Waals surface area contributed by atoms with Crippen LogP contribution in [0.15, 0.2) is 18.6 Å². The monoisotopic (exact) mass is 365 g/mol. The zero-order valence-corrected chi connectivity index (χ0v) is 14.5. The maximum Gasteiger partial charge on any atom is 0.235 e. The Morgan fingerprint density at radius 3 is 2.92 bits per heavy atom. The summed E-state index contributed by atoms with van der Waals surface area (Å²) in [6.45, 7) is 0.969. The predicted octanol–water partition coefficient (Wildman–Crippen LogP) is 0.782. The average Bonchev–Trinajstić information content (AvgIpc) is 3.15. The predicted molar refractivity (Wildman–Crippen MR) is 88.1 cm³/mol. The van der Waals surface area contributed by atoms with Gasteiger partial charge in [0.05, 0.1) is 12.5 Å². The van der Waals surface area contributed by atoms with Crippen LogP contribution in [0.4, 0.5) is 0 Å². The zero-order valence-electron chi connectivity index (χ0n) is 12.9. The Hall–Kier alpha value is -1.98. The van der Waals surface area contributed by atoms with Gasteiger partial charge in [-0.2, -0.15) is 9.61 Å². The first kappa shape index (κ1) is 15.5. The normalized spacial score (nSPS) is 19.8. The molecule has 4 heterocycles. The Balaban J connectivity index is 1.69. The SMILES string of the molecule is CS(=O)(=O)N1CCCC(c2nnc3sc(-c4cnccn4)nn23)C1. The molecule has 24 heavy (non-hydrogen) atoms. The molecule has 4 rings (SSSR count). The van der Waals surface area contributed by atoms with Gasteiger partial charge in [-0.15, -0.1) is 10.2 Å². The van der Waals surface area contributed by atoms with Crippen molar-refractivity contribution in [3.8, 4) is 10.7 Å². The summed E-state index contributed by atoms with van der Waals surface area (Å²) in [7, 11) is -3.20. The van der Waals surface area contributed by atoms with Crippen LogP contribution in [-0.2, 0) is 10.0 Å². The third kappa shape index (κ3) is 2.78. The van der Waals surface area contributed by atoms with E-state index in [0.717, 1.165) is 12.8 Å². The van der Waals surface area contributed by atoms with E-state index in [2.05, 4.69) is 25.3 Å². The summed E-state index contributed by atoms with van der Waals surface area (Å²) >= 11 is 1.39. The molecular weight excluding hydrogens is 350 g/mol. The highest BCUT2D eigenvalue weighted by atomic mass is 32.2. The second-order valence-corrected chi connectivity index (χ2v) is 8.65. The molecule has 0 aromatic carbocycles. The molecule has 1 aliphatic heterocycles. The number of piperidine rings is 1. The van der Waals surface area contributed by atoms with Gasteiger partial charge in [0.1, 0.15) is 5.69 Å². The lowest BCUT2D eigenvalue weighted by Gasteiger charge is -2.29. The molecule has 3 aromatic heterocycles. The molecule has 0 radical (unpaired) electrons. The number of hydrogen-bond acceptors (Lipinski definition) is 8. The van der Waals surface area contributed by atoms with Gasteiger partial charge in [0, 0.05) is 31.4 Å². The van der Waals surface area contributed by atoms with Crippen LogP contribution in [0.5, 0.6) is 0 Å². The molecule has 1 unspecified atom stereocenters. The van der Waals surface area contributed by atoms with Crippen molar-refractivity contribution >= 4 is 26.3 Å². The fraction of sp³-hybridized carbons (Fsp3) is 0.462. The molecule has 9 nitrogen and oxygen atoms in total. The Morgan fingerprint density at radius 1 is 1.29 bits per heavy atom. The van der Waals surface area contributed by atoms with Crippen LogP contribution in [0.3, 0.4) is 0 Å². The van der Waals surface area contributed by atoms with Gasteiger partial charge in [-0.25, -0.2) is 12.7 Å². The molecule has 0 bridgehead atoms. The zero-order chi connectivity index (χ0) is 16.7. The van der Waals surface area contributed by atoms with E-state index in [1.165, 1.54) is 21.9 Å². The average molecular weight is 365 g/mol. The molecule has 1 saturated heterocycles. The summed E-state index contributed by atoms with van der Waals surface area (Å²) < 4.78 is 26.8. The van der Waals surface area contributed by atoms with E-state index in [0.29, 0.717) is 34.6 Å². The highest BCUT2D eigenvalue weighted by molar-refractivity contribution is 7.88. The number of aromatic nitrogens is 6. The van der Waals surface area contributed by atoms with Gasteiger partial charge in [0.15, 0.2) is 10.8 Å². The number of fused-ring (bicyclic) bond motifs is 1. The summed E-state index contributed by atoms with van der Waals surface area (Å²) in [4.78, 5) is 8.97. The molecule has 0 aliphatic carbocycles. The van der Waals surface area contributed by atoms with Crippen LogP contribution in [0.1, 0.15) is 24.6 Å². The maximum atomic E-state index is 11.8. The summed E-state index contributed by atoms with van der Waals surface area (Å²) in [5.41, 5.74) is 0.681. The molecule has 1 atom stereocenters. The lowest BCUT2D eigenvalue weighted by atomic mass is 9.99. The lowest BCUT2D eigenvalue weighted by Crippen LogP contribution is -2.38. The van der Waals surface area contributed by atoms with Crippen molar-refractivity contribution in [3.05, 3.63) is 24.4 Å². The molecule has 126 valence electrons. The fourth-order valence-electron chi connectivity index (χ4n) is 2.85. The number of nitrogens with zero attached hydrogens (tertiary/aromatic N) is 7. The number of rotatable bonds is 3. The molecule has 0 spiro atoms. The third-order valence-corrected chi connectivity index (χ3v) is 6.21. The van der Waals surface area contributed by atoms with Gasteiger partial charge >= 0.3 is 0 Å². The standard InChI is InChI=1S/C13H15N7O2S2/c1-24(21,22)19-6-2-3-9(8-19)11-16-17-13-20(11)18-12(23-13)10-7-14-4-5-15-10/h4-5,7,9H,2-3,6,8H2,1H3. The summed E-state index contributed by atoms with van der Waals surface area (Å²) in [6, 6.07) is 0. The van der Waals surface area contributed by atoms with Crippen molar-refractivity contribution in [1.82, 2.24) is 34.1 Å². The topological polar surface area (TPSA) is 106 Å². The van der Waals surface area contributed by atoms with Crippen molar-refractivity contribution in [2.45, 2.75) is 18.8 Å². The van der Waals surface area contributed by atoms with Crippen molar-refractivity contribution in [2.75, 3.05) is 19.3 Å². The summed E-state index contributed by atoms with van der Waals surface area (Å²) in [6.07, 6.45) is 7.78. The van der Waals surface area contributed by atoms with Crippen LogP contribution in [0.2, 0.25) is 0 Å². The van der Waals surface area contributed by atoms with E-state index >= 15 is 0 Å². The first-order chi connectivity index (χ1) is 11.5. The van der Waals surface area contributed by atoms with Crippen LogP contribution < -0.4 is 0 Å². The number of hydrogen-bond donors (Lipinski definition) is 0. The smallest absolute Gasteiger partial charge is 0.235 e. The van der Waals surface area contributed by atoms with E-state index in [4.69, 9.17) is 0 Å². The van der Waals surface area contributed by atoms with Crippen LogP contribution >= 0.6 is 11.3 Å². The van der Waals surface area contributed by atoms with Gasteiger partial charge in [0.25, 0.3) is 0 Å². The minimum absolute atomic E-state index is 0.0136. The molecule has 0 amide bonds. The largest absolute Gasteiger partial charge is 0.261 e. The fourth-order valence-corrected chi connectivity index (χ4v) is 4.57. The van der Waals surface area contributed by atoms with Crippen molar-refractivity contribution < 1.29 is 8.42 Å². The van der Waals surface area contributed by atoms with Gasteiger partial charge in [-0.3, -0.25) is 9.97 Å². The quantitative estimate of drug-likeness (QED) is 0.675. The second kappa shape index (κ2) is 5.83. The highest BCUT2D eigenvalue weighted by Crippen LogP contribution is 2.30. The van der Waals surface area contributed by atoms with E-state index in [1.807, 2.05) is 0 Å². The summed E-state index contributed by atoms with van der Waals surface area (Å²) in [5, 5.41) is 13.7. The van der Waals surface area contributed by atoms with Crippen molar-refractivity contribution in [1.29, 1.82) is 0 Å². The Labute approximate surface area is 142 Å². The van der Waals surface area contributed by atoms with E-state index in [9.17, 15) is 8.42 Å². The molecule has 3 aromatic rings. The van der Waals surface area contributed by atoms with Gasteiger partial charge < -0.3 is 0 Å². The number of sulfonamides is 1. The minimum Gasteiger partial charge on any atom is -0.261 e. The van der Waals surface area contributed by atoms with E-state index in [-0.39, 0.29) is 5.92 Å². The Morgan fingerprint density at radius 2 is 2.17 bits per heavy atom. The van der Waals surface area contributed by atoms with E-state index in [1.54, 1.807) is 23.1 Å². The van der Waals surface area contributed by atoms with Crippen LogP contribution in [0.25, 0.3) is 15.7 Å². The first-order valence-corrected chi connectivity index (χ1v) is 10.1. The van der Waals surface area contributed by atoms with Gasteiger partial charge in [-0.05, 0) is 12.8 Å². The molecule has 0 N–H and O–H groups in total. The van der Waals surface area contributed by atoms with Crippen molar-refractivity contribution in [2.24, 2.45) is 0 Å². The Bertz CT molecular complexity index is 967. The van der Waals surface area contributed by atoms with Gasteiger partial charge in [-0.1, -0.05) is 11.3 Å².